The molecule has 0 unspecified atom stereocenters. The minimum absolute atomic E-state index is 0.0381. The van der Waals surface area contributed by atoms with Crippen molar-refractivity contribution in [1.82, 2.24) is 14.5 Å². The number of Topliss-reactive ketones (excluding diaryl/α,β-unsaturated/α-hetero) is 1. The van der Waals surface area contributed by atoms with Crippen molar-refractivity contribution in [2.24, 2.45) is 0 Å². The molecule has 0 amide bonds. The summed E-state index contributed by atoms with van der Waals surface area (Å²) in [6, 6.07) is 10.1. The fourth-order valence-electron chi connectivity index (χ4n) is 2.51. The van der Waals surface area contributed by atoms with E-state index in [1.54, 1.807) is 12.1 Å². The van der Waals surface area contributed by atoms with Crippen LogP contribution in [0.5, 0.6) is 0 Å². The van der Waals surface area contributed by atoms with Crippen molar-refractivity contribution in [3.05, 3.63) is 77.6 Å². The van der Waals surface area contributed by atoms with Gasteiger partial charge in [0.2, 0.25) is 10.0 Å². The van der Waals surface area contributed by atoms with E-state index in [4.69, 9.17) is 0 Å². The summed E-state index contributed by atoms with van der Waals surface area (Å²) >= 11 is 0. The highest BCUT2D eigenvalue weighted by atomic mass is 32.2. The number of carbonyl (C=O) groups excluding carboxylic acids is 1. The molecule has 1 heterocycles. The molecule has 1 N–H and O–H groups in total. The van der Waals surface area contributed by atoms with Crippen LogP contribution >= 0.6 is 0 Å². The molecule has 140 valence electrons. The fraction of sp³-hybridized carbons (Fsp3) is 0.111. The van der Waals surface area contributed by atoms with Crippen LogP contribution in [0.15, 0.2) is 59.8 Å². The van der Waals surface area contributed by atoms with Gasteiger partial charge in [-0.3, -0.25) is 4.79 Å². The number of nitrogens with one attached hydrogen (secondary N) is 1. The van der Waals surface area contributed by atoms with E-state index in [9.17, 15) is 22.0 Å². The predicted octanol–water partition coefficient (Wildman–Crippen LogP) is 2.62. The van der Waals surface area contributed by atoms with E-state index in [2.05, 4.69) is 9.82 Å². The van der Waals surface area contributed by atoms with Crippen molar-refractivity contribution >= 4 is 15.8 Å². The van der Waals surface area contributed by atoms with Gasteiger partial charge in [0.25, 0.3) is 0 Å². The second-order valence-electron chi connectivity index (χ2n) is 5.73. The zero-order chi connectivity index (χ0) is 19.6. The van der Waals surface area contributed by atoms with E-state index in [-0.39, 0.29) is 16.1 Å². The van der Waals surface area contributed by atoms with Gasteiger partial charge in [-0.05, 0) is 36.8 Å². The van der Waals surface area contributed by atoms with E-state index in [0.29, 0.717) is 0 Å². The van der Waals surface area contributed by atoms with Crippen LogP contribution in [-0.4, -0.2) is 30.5 Å². The minimum atomic E-state index is -3.99. The summed E-state index contributed by atoms with van der Waals surface area (Å²) in [5.74, 6) is -3.17. The SMILES string of the molecule is Cc1cc(-n2cccn2)c(F)c(C(=O)CNS(=O)(=O)c2ccccc2)c1F. The number of sulfonamides is 1. The quantitative estimate of drug-likeness (QED) is 0.655. The van der Waals surface area contributed by atoms with Crippen LogP contribution in [-0.2, 0) is 10.0 Å². The van der Waals surface area contributed by atoms with E-state index >= 15 is 0 Å². The van der Waals surface area contributed by atoms with E-state index in [1.807, 2.05) is 0 Å². The zero-order valence-corrected chi connectivity index (χ0v) is 15.0. The smallest absolute Gasteiger partial charge is 0.240 e. The van der Waals surface area contributed by atoms with Crippen LogP contribution in [0.2, 0.25) is 0 Å². The number of carbonyl (C=O) groups is 1. The van der Waals surface area contributed by atoms with Crippen LogP contribution < -0.4 is 4.72 Å². The molecule has 0 saturated heterocycles. The van der Waals surface area contributed by atoms with Crippen molar-refractivity contribution in [3.8, 4) is 5.69 Å². The summed E-state index contributed by atoms with van der Waals surface area (Å²) in [5.41, 5.74) is -0.874. The third-order valence-electron chi connectivity index (χ3n) is 3.87. The van der Waals surface area contributed by atoms with Crippen molar-refractivity contribution in [2.75, 3.05) is 6.54 Å². The standard InChI is InChI=1S/C18H15F2N3O3S/c1-12-10-14(23-9-5-8-21-23)18(20)16(17(12)19)15(24)11-22-27(25,26)13-6-3-2-4-7-13/h2-10,22H,11H2,1H3. The lowest BCUT2D eigenvalue weighted by Crippen LogP contribution is -2.30. The third-order valence-corrected chi connectivity index (χ3v) is 5.29. The van der Waals surface area contributed by atoms with Gasteiger partial charge < -0.3 is 0 Å². The molecule has 0 saturated carbocycles. The van der Waals surface area contributed by atoms with Crippen molar-refractivity contribution in [1.29, 1.82) is 0 Å². The molecule has 6 nitrogen and oxygen atoms in total. The Balaban J connectivity index is 1.91. The largest absolute Gasteiger partial charge is 0.292 e. The molecule has 0 aliphatic heterocycles. The summed E-state index contributed by atoms with van der Waals surface area (Å²) < 4.78 is 56.8. The molecule has 2 aromatic carbocycles. The highest BCUT2D eigenvalue weighted by Gasteiger charge is 2.25. The maximum Gasteiger partial charge on any atom is 0.240 e. The summed E-state index contributed by atoms with van der Waals surface area (Å²) in [5, 5.41) is 3.87. The lowest BCUT2D eigenvalue weighted by molar-refractivity contribution is 0.0988. The average Bonchev–Trinajstić information content (AvgIpc) is 3.18. The van der Waals surface area contributed by atoms with Crippen molar-refractivity contribution in [3.63, 3.8) is 0 Å². The molecule has 1 aromatic heterocycles. The summed E-state index contributed by atoms with van der Waals surface area (Å²) in [6.45, 7) is 0.597. The topological polar surface area (TPSA) is 81.1 Å². The molecule has 0 bridgehead atoms. The maximum absolute atomic E-state index is 14.8. The third kappa shape index (κ3) is 3.79. The molecule has 0 radical (unpaired) electrons. The highest BCUT2D eigenvalue weighted by Crippen LogP contribution is 2.24. The number of ketones is 1. The number of benzene rings is 2. The van der Waals surface area contributed by atoms with Gasteiger partial charge >= 0.3 is 0 Å². The van der Waals surface area contributed by atoms with Crippen molar-refractivity contribution in [2.45, 2.75) is 11.8 Å². The Morgan fingerprint density at radius 3 is 2.48 bits per heavy atom. The normalized spacial score (nSPS) is 11.5. The molecule has 9 heteroatoms. The average molecular weight is 391 g/mol. The number of hydrogen-bond donors (Lipinski definition) is 1. The molecule has 0 fully saturated rings. The van der Waals surface area contributed by atoms with Gasteiger partial charge in [0.15, 0.2) is 11.6 Å². The van der Waals surface area contributed by atoms with Crippen molar-refractivity contribution < 1.29 is 22.0 Å². The summed E-state index contributed by atoms with van der Waals surface area (Å²) in [4.78, 5) is 12.3. The first-order chi connectivity index (χ1) is 12.8. The van der Waals surface area contributed by atoms with Crippen LogP contribution in [0, 0.1) is 18.6 Å². The number of nitrogens with zero attached hydrogens (tertiary/aromatic N) is 2. The molecule has 3 aromatic rings. The van der Waals surface area contributed by atoms with E-state index in [0.717, 1.165) is 4.68 Å². The molecular formula is C18H15F2N3O3S. The second-order valence-corrected chi connectivity index (χ2v) is 7.49. The van der Waals surface area contributed by atoms with Gasteiger partial charge in [-0.1, -0.05) is 18.2 Å². The second kappa shape index (κ2) is 7.37. The van der Waals surface area contributed by atoms with Gasteiger partial charge in [0, 0.05) is 12.4 Å². The van der Waals surface area contributed by atoms with Gasteiger partial charge in [-0.2, -0.15) is 5.10 Å². The molecular weight excluding hydrogens is 376 g/mol. The van der Waals surface area contributed by atoms with Gasteiger partial charge in [0.1, 0.15) is 11.5 Å². The predicted molar refractivity (Wildman–Crippen MR) is 94.2 cm³/mol. The maximum atomic E-state index is 14.8. The van der Waals surface area contributed by atoms with Gasteiger partial charge in [0.05, 0.1) is 17.0 Å². The lowest BCUT2D eigenvalue weighted by atomic mass is 10.0. The lowest BCUT2D eigenvalue weighted by Gasteiger charge is -2.12. The number of halogens is 2. The Morgan fingerprint density at radius 2 is 1.85 bits per heavy atom. The Hall–Kier alpha value is -2.91. The van der Waals surface area contributed by atoms with Crippen LogP contribution in [0.3, 0.4) is 0 Å². The van der Waals surface area contributed by atoms with Crippen LogP contribution in [0.1, 0.15) is 15.9 Å². The van der Waals surface area contributed by atoms with E-state index < -0.39 is 39.5 Å². The van der Waals surface area contributed by atoms with Crippen LogP contribution in [0.4, 0.5) is 8.78 Å². The first kappa shape index (κ1) is 18.9. The Morgan fingerprint density at radius 1 is 1.15 bits per heavy atom. The molecule has 0 aliphatic rings. The molecule has 3 rings (SSSR count). The number of rotatable bonds is 6. The van der Waals surface area contributed by atoms with E-state index in [1.165, 1.54) is 49.6 Å². The minimum Gasteiger partial charge on any atom is -0.292 e. The van der Waals surface area contributed by atoms with Gasteiger partial charge in [-0.25, -0.2) is 26.6 Å². The Bertz CT molecular complexity index is 1080. The fourth-order valence-corrected chi connectivity index (χ4v) is 3.51. The zero-order valence-electron chi connectivity index (χ0n) is 14.2. The summed E-state index contributed by atoms with van der Waals surface area (Å²) in [7, 11) is -3.99. The number of hydrogen-bond acceptors (Lipinski definition) is 4. The molecule has 0 atom stereocenters. The molecule has 0 aliphatic carbocycles. The molecule has 27 heavy (non-hydrogen) atoms. The first-order valence-corrected chi connectivity index (χ1v) is 9.36. The monoisotopic (exact) mass is 391 g/mol. The molecule has 0 spiro atoms. The van der Waals surface area contributed by atoms with Gasteiger partial charge in [-0.15, -0.1) is 0 Å². The summed E-state index contributed by atoms with van der Waals surface area (Å²) in [6.07, 6.45) is 2.86. The first-order valence-electron chi connectivity index (χ1n) is 7.88. The Labute approximate surface area is 154 Å². The van der Waals surface area contributed by atoms with Crippen LogP contribution in [0.25, 0.3) is 5.69 Å². The number of aromatic nitrogens is 2. The highest BCUT2D eigenvalue weighted by molar-refractivity contribution is 7.89. The number of aryl methyl sites for hydroxylation is 1. The Kier molecular flexibility index (Phi) is 5.15.